The summed E-state index contributed by atoms with van der Waals surface area (Å²) in [4.78, 5) is 13.6. The van der Waals surface area contributed by atoms with Crippen molar-refractivity contribution in [2.75, 3.05) is 40.3 Å². The summed E-state index contributed by atoms with van der Waals surface area (Å²) >= 11 is 0. The van der Waals surface area contributed by atoms with E-state index in [9.17, 15) is 4.79 Å². The van der Waals surface area contributed by atoms with Gasteiger partial charge in [0, 0.05) is 19.6 Å². The molecule has 0 amide bonds. The standard InChI is InChI=1S/C10H20N2O2/c1-11-5-7-12-6-3-4-9(8-12)10(13)14-2/h9,11H,3-8H2,1-2H3. The second kappa shape index (κ2) is 5.98. The van der Waals surface area contributed by atoms with Crippen LogP contribution in [0.15, 0.2) is 0 Å². The highest BCUT2D eigenvalue weighted by Gasteiger charge is 2.25. The topological polar surface area (TPSA) is 41.6 Å². The van der Waals surface area contributed by atoms with Crippen LogP contribution in [-0.2, 0) is 9.53 Å². The number of likely N-dealkylation sites (tertiary alicyclic amines) is 1. The molecule has 1 aliphatic heterocycles. The fourth-order valence-electron chi connectivity index (χ4n) is 1.89. The van der Waals surface area contributed by atoms with Gasteiger partial charge in [0.15, 0.2) is 0 Å². The van der Waals surface area contributed by atoms with E-state index in [1.165, 1.54) is 7.11 Å². The Morgan fingerprint density at radius 1 is 1.64 bits per heavy atom. The number of hydrogen-bond acceptors (Lipinski definition) is 4. The van der Waals surface area contributed by atoms with Crippen LogP contribution in [0.1, 0.15) is 12.8 Å². The van der Waals surface area contributed by atoms with Crippen molar-refractivity contribution in [2.24, 2.45) is 5.92 Å². The van der Waals surface area contributed by atoms with Gasteiger partial charge in [0.1, 0.15) is 0 Å². The third-order valence-corrected chi connectivity index (χ3v) is 2.72. The van der Waals surface area contributed by atoms with Crippen molar-refractivity contribution in [1.29, 1.82) is 0 Å². The Labute approximate surface area is 85.6 Å². The number of esters is 1. The summed E-state index contributed by atoms with van der Waals surface area (Å²) < 4.78 is 4.76. The average Bonchev–Trinajstić information content (AvgIpc) is 2.25. The van der Waals surface area contributed by atoms with Crippen LogP contribution in [0.2, 0.25) is 0 Å². The number of ether oxygens (including phenoxy) is 1. The number of carbonyl (C=O) groups is 1. The van der Waals surface area contributed by atoms with E-state index in [2.05, 4.69) is 10.2 Å². The van der Waals surface area contributed by atoms with Crippen molar-refractivity contribution in [3.63, 3.8) is 0 Å². The highest BCUT2D eigenvalue weighted by molar-refractivity contribution is 5.72. The van der Waals surface area contributed by atoms with E-state index in [0.717, 1.165) is 39.0 Å². The summed E-state index contributed by atoms with van der Waals surface area (Å²) in [6, 6.07) is 0. The van der Waals surface area contributed by atoms with Gasteiger partial charge < -0.3 is 15.0 Å². The van der Waals surface area contributed by atoms with E-state index in [0.29, 0.717) is 0 Å². The first-order chi connectivity index (χ1) is 6.77. The maximum Gasteiger partial charge on any atom is 0.309 e. The lowest BCUT2D eigenvalue weighted by Gasteiger charge is -2.31. The lowest BCUT2D eigenvalue weighted by atomic mass is 9.98. The molecule has 14 heavy (non-hydrogen) atoms. The van der Waals surface area contributed by atoms with E-state index in [1.807, 2.05) is 7.05 Å². The number of piperidine rings is 1. The van der Waals surface area contributed by atoms with Gasteiger partial charge in [-0.2, -0.15) is 0 Å². The van der Waals surface area contributed by atoms with Crippen LogP contribution in [0.4, 0.5) is 0 Å². The number of rotatable bonds is 4. The number of nitrogens with one attached hydrogen (secondary N) is 1. The largest absolute Gasteiger partial charge is 0.469 e. The molecule has 1 N–H and O–H groups in total. The van der Waals surface area contributed by atoms with Gasteiger partial charge in [-0.1, -0.05) is 0 Å². The summed E-state index contributed by atoms with van der Waals surface area (Å²) in [5.41, 5.74) is 0. The van der Waals surface area contributed by atoms with E-state index < -0.39 is 0 Å². The molecule has 0 aromatic heterocycles. The van der Waals surface area contributed by atoms with Gasteiger partial charge in [0.05, 0.1) is 13.0 Å². The molecule has 1 aliphatic rings. The Morgan fingerprint density at radius 3 is 3.07 bits per heavy atom. The van der Waals surface area contributed by atoms with Crippen LogP contribution in [0.5, 0.6) is 0 Å². The smallest absolute Gasteiger partial charge is 0.309 e. The van der Waals surface area contributed by atoms with Crippen molar-refractivity contribution < 1.29 is 9.53 Å². The summed E-state index contributed by atoms with van der Waals surface area (Å²) in [5.74, 6) is 0.0322. The van der Waals surface area contributed by atoms with Gasteiger partial charge in [-0.25, -0.2) is 0 Å². The van der Waals surface area contributed by atoms with E-state index in [1.54, 1.807) is 0 Å². The Hall–Kier alpha value is -0.610. The highest BCUT2D eigenvalue weighted by Crippen LogP contribution is 2.16. The predicted octanol–water partition coefficient (Wildman–Crippen LogP) is 0.0908. The molecule has 1 atom stereocenters. The zero-order chi connectivity index (χ0) is 10.4. The SMILES string of the molecule is CNCCN1CCCC(C(=O)OC)C1. The summed E-state index contributed by atoms with van der Waals surface area (Å²) in [7, 11) is 3.41. The Balaban J connectivity index is 2.31. The molecule has 1 rings (SSSR count). The molecular weight excluding hydrogens is 180 g/mol. The molecule has 0 aromatic rings. The van der Waals surface area contributed by atoms with Gasteiger partial charge in [0.25, 0.3) is 0 Å². The average molecular weight is 200 g/mol. The summed E-state index contributed by atoms with van der Waals surface area (Å²) in [5, 5.41) is 3.12. The molecule has 0 aliphatic carbocycles. The molecule has 1 fully saturated rings. The maximum absolute atomic E-state index is 11.3. The monoisotopic (exact) mass is 200 g/mol. The van der Waals surface area contributed by atoms with Crippen LogP contribution >= 0.6 is 0 Å². The zero-order valence-electron chi connectivity index (χ0n) is 9.08. The fourth-order valence-corrected chi connectivity index (χ4v) is 1.89. The fraction of sp³-hybridized carbons (Fsp3) is 0.900. The van der Waals surface area contributed by atoms with Gasteiger partial charge in [-0.3, -0.25) is 4.79 Å². The first-order valence-corrected chi connectivity index (χ1v) is 5.22. The first-order valence-electron chi connectivity index (χ1n) is 5.22. The molecule has 1 saturated heterocycles. The number of carbonyl (C=O) groups excluding carboxylic acids is 1. The van der Waals surface area contributed by atoms with E-state index in [4.69, 9.17) is 4.74 Å². The van der Waals surface area contributed by atoms with Crippen molar-refractivity contribution in [3.05, 3.63) is 0 Å². The van der Waals surface area contributed by atoms with Crippen molar-refractivity contribution in [1.82, 2.24) is 10.2 Å². The molecule has 82 valence electrons. The highest BCUT2D eigenvalue weighted by atomic mass is 16.5. The second-order valence-corrected chi connectivity index (χ2v) is 3.77. The zero-order valence-corrected chi connectivity index (χ0v) is 9.08. The molecule has 1 unspecified atom stereocenters. The third kappa shape index (κ3) is 3.27. The van der Waals surface area contributed by atoms with Crippen molar-refractivity contribution in [2.45, 2.75) is 12.8 Å². The van der Waals surface area contributed by atoms with Crippen LogP contribution in [0.25, 0.3) is 0 Å². The summed E-state index contributed by atoms with van der Waals surface area (Å²) in [6.45, 7) is 3.96. The summed E-state index contributed by atoms with van der Waals surface area (Å²) in [6.07, 6.45) is 2.08. The Bertz CT molecular complexity index is 185. The first kappa shape index (κ1) is 11.5. The molecular formula is C10H20N2O2. The molecule has 0 spiro atoms. The van der Waals surface area contributed by atoms with Gasteiger partial charge in [-0.15, -0.1) is 0 Å². The van der Waals surface area contributed by atoms with E-state index >= 15 is 0 Å². The quantitative estimate of drug-likeness (QED) is 0.653. The lowest BCUT2D eigenvalue weighted by Crippen LogP contribution is -2.41. The van der Waals surface area contributed by atoms with Crippen LogP contribution in [-0.4, -0.2) is 51.2 Å². The van der Waals surface area contributed by atoms with Crippen LogP contribution in [0.3, 0.4) is 0 Å². The Kier molecular flexibility index (Phi) is 4.90. The minimum Gasteiger partial charge on any atom is -0.469 e. The number of hydrogen-bond donors (Lipinski definition) is 1. The van der Waals surface area contributed by atoms with E-state index in [-0.39, 0.29) is 11.9 Å². The van der Waals surface area contributed by atoms with Gasteiger partial charge >= 0.3 is 5.97 Å². The van der Waals surface area contributed by atoms with Gasteiger partial charge in [-0.05, 0) is 26.4 Å². The molecule has 1 heterocycles. The van der Waals surface area contributed by atoms with Gasteiger partial charge in [0.2, 0.25) is 0 Å². The Morgan fingerprint density at radius 2 is 2.43 bits per heavy atom. The van der Waals surface area contributed by atoms with Crippen LogP contribution in [0, 0.1) is 5.92 Å². The minimum atomic E-state index is -0.0563. The number of nitrogens with zero attached hydrogens (tertiary/aromatic N) is 1. The predicted molar refractivity (Wildman–Crippen MR) is 55.1 cm³/mol. The molecule has 0 bridgehead atoms. The molecule has 4 nitrogen and oxygen atoms in total. The molecule has 0 radical (unpaired) electrons. The number of likely N-dealkylation sites (N-methyl/N-ethyl adjacent to an activating group) is 1. The molecule has 0 aromatic carbocycles. The minimum absolute atomic E-state index is 0.0563. The van der Waals surface area contributed by atoms with Crippen LogP contribution < -0.4 is 5.32 Å². The third-order valence-electron chi connectivity index (χ3n) is 2.72. The normalized spacial score (nSPS) is 23.4. The molecule has 0 saturated carbocycles. The maximum atomic E-state index is 11.3. The van der Waals surface area contributed by atoms with Crippen molar-refractivity contribution in [3.8, 4) is 0 Å². The number of methoxy groups -OCH3 is 1. The second-order valence-electron chi connectivity index (χ2n) is 3.77. The van der Waals surface area contributed by atoms with Crippen molar-refractivity contribution >= 4 is 5.97 Å². The lowest BCUT2D eigenvalue weighted by molar-refractivity contribution is -0.147. The molecule has 4 heteroatoms.